The second kappa shape index (κ2) is 11.5. The number of carbonyl (C=O) groups excluding carboxylic acids is 1. The summed E-state index contributed by atoms with van der Waals surface area (Å²) in [5, 5.41) is 12.3. The molecule has 0 fully saturated rings. The largest absolute Gasteiger partial charge is 0.497 e. The van der Waals surface area contributed by atoms with Crippen molar-refractivity contribution < 1.29 is 18.7 Å². The van der Waals surface area contributed by atoms with Crippen LogP contribution in [0.15, 0.2) is 66.2 Å². The predicted octanol–water partition coefficient (Wildman–Crippen LogP) is 5.97. The summed E-state index contributed by atoms with van der Waals surface area (Å²) in [4.78, 5) is 12.6. The standard InChI is InChI=1S/C26H22FIN2O3/c1-3-33-25-15-18(14-24(28)23(25)13-17-5-4-6-20(27)12-17)11-19(16-29)26(31)30-21-7-9-22(32-2)10-8-21/h4-12,14-15H,3,13H2,1-2H3,(H,30,31)/b19-11+. The van der Waals surface area contributed by atoms with Crippen LogP contribution >= 0.6 is 22.6 Å². The third-order valence-electron chi connectivity index (χ3n) is 4.77. The van der Waals surface area contributed by atoms with E-state index in [9.17, 15) is 14.4 Å². The van der Waals surface area contributed by atoms with Crippen molar-refractivity contribution in [2.45, 2.75) is 13.3 Å². The van der Waals surface area contributed by atoms with Crippen LogP contribution in [0.25, 0.3) is 6.08 Å². The predicted molar refractivity (Wildman–Crippen MR) is 135 cm³/mol. The second-order valence-corrected chi connectivity index (χ2v) is 8.23. The molecule has 168 valence electrons. The Morgan fingerprint density at radius 3 is 2.58 bits per heavy atom. The summed E-state index contributed by atoms with van der Waals surface area (Å²) >= 11 is 2.19. The Labute approximate surface area is 206 Å². The van der Waals surface area contributed by atoms with Gasteiger partial charge in [-0.15, -0.1) is 0 Å². The molecule has 7 heteroatoms. The number of hydrogen-bond acceptors (Lipinski definition) is 4. The fraction of sp³-hybridized carbons (Fsp3) is 0.154. The minimum absolute atomic E-state index is 0.0399. The van der Waals surface area contributed by atoms with Gasteiger partial charge in [0.25, 0.3) is 5.91 Å². The zero-order valence-electron chi connectivity index (χ0n) is 18.2. The molecule has 3 rings (SSSR count). The summed E-state index contributed by atoms with van der Waals surface area (Å²) in [6.45, 7) is 2.33. The number of ether oxygens (including phenoxy) is 2. The topological polar surface area (TPSA) is 71.3 Å². The first-order valence-corrected chi connectivity index (χ1v) is 11.3. The normalized spacial score (nSPS) is 10.9. The molecule has 0 atom stereocenters. The Bertz CT molecular complexity index is 1220. The highest BCUT2D eigenvalue weighted by atomic mass is 127. The highest BCUT2D eigenvalue weighted by molar-refractivity contribution is 14.1. The molecule has 0 aliphatic carbocycles. The van der Waals surface area contributed by atoms with Gasteiger partial charge in [0.05, 0.1) is 13.7 Å². The zero-order chi connectivity index (χ0) is 23.8. The molecule has 5 nitrogen and oxygen atoms in total. The Morgan fingerprint density at radius 1 is 1.18 bits per heavy atom. The van der Waals surface area contributed by atoms with Crippen molar-refractivity contribution in [2.75, 3.05) is 19.0 Å². The highest BCUT2D eigenvalue weighted by Gasteiger charge is 2.14. The van der Waals surface area contributed by atoms with E-state index in [2.05, 4.69) is 27.9 Å². The molecule has 33 heavy (non-hydrogen) atoms. The van der Waals surface area contributed by atoms with Gasteiger partial charge in [0.2, 0.25) is 0 Å². The summed E-state index contributed by atoms with van der Waals surface area (Å²) in [5.74, 6) is 0.495. The van der Waals surface area contributed by atoms with Gasteiger partial charge >= 0.3 is 0 Å². The average molecular weight is 556 g/mol. The van der Waals surface area contributed by atoms with Crippen LogP contribution in [0.4, 0.5) is 10.1 Å². The molecule has 0 radical (unpaired) electrons. The van der Waals surface area contributed by atoms with Crippen molar-refractivity contribution in [3.05, 3.63) is 92.3 Å². The van der Waals surface area contributed by atoms with Crippen molar-refractivity contribution >= 4 is 40.3 Å². The van der Waals surface area contributed by atoms with Crippen LogP contribution in [0.5, 0.6) is 11.5 Å². The molecule has 1 N–H and O–H groups in total. The molecular formula is C26H22FIN2O3. The van der Waals surface area contributed by atoms with E-state index in [0.717, 1.165) is 14.7 Å². The van der Waals surface area contributed by atoms with E-state index in [-0.39, 0.29) is 11.4 Å². The Kier molecular flexibility index (Phi) is 8.44. The van der Waals surface area contributed by atoms with Crippen LogP contribution in [-0.4, -0.2) is 19.6 Å². The Morgan fingerprint density at radius 2 is 1.94 bits per heavy atom. The van der Waals surface area contributed by atoms with Gasteiger partial charge in [-0.05, 0) is 95.2 Å². The summed E-state index contributed by atoms with van der Waals surface area (Å²) in [6.07, 6.45) is 2.02. The Balaban J connectivity index is 1.88. The molecule has 3 aromatic rings. The third-order valence-corrected chi connectivity index (χ3v) is 5.73. The summed E-state index contributed by atoms with van der Waals surface area (Å²) in [5.41, 5.74) is 2.92. The van der Waals surface area contributed by atoms with Crippen LogP contribution in [0, 0.1) is 20.7 Å². The number of rotatable bonds is 8. The zero-order valence-corrected chi connectivity index (χ0v) is 20.4. The SMILES string of the molecule is CCOc1cc(/C=C(\C#N)C(=O)Nc2ccc(OC)cc2)cc(I)c1Cc1cccc(F)c1. The van der Waals surface area contributed by atoms with E-state index in [1.807, 2.05) is 25.1 Å². The first-order chi connectivity index (χ1) is 15.9. The third kappa shape index (κ3) is 6.56. The number of methoxy groups -OCH3 is 1. The fourth-order valence-electron chi connectivity index (χ4n) is 3.21. The van der Waals surface area contributed by atoms with Crippen molar-refractivity contribution in [2.24, 2.45) is 0 Å². The molecular weight excluding hydrogens is 534 g/mol. The molecule has 0 spiro atoms. The average Bonchev–Trinajstić information content (AvgIpc) is 2.80. The van der Waals surface area contributed by atoms with E-state index in [1.165, 1.54) is 18.2 Å². The molecule has 0 saturated heterocycles. The molecule has 0 unspecified atom stereocenters. The number of carbonyl (C=O) groups is 1. The molecule has 0 aliphatic rings. The molecule has 0 aliphatic heterocycles. The molecule has 0 aromatic heterocycles. The summed E-state index contributed by atoms with van der Waals surface area (Å²) < 4.78 is 25.5. The first kappa shape index (κ1) is 24.3. The number of benzene rings is 3. The van der Waals surface area contributed by atoms with Gasteiger partial charge in [-0.1, -0.05) is 12.1 Å². The van der Waals surface area contributed by atoms with Crippen LogP contribution in [0.1, 0.15) is 23.6 Å². The van der Waals surface area contributed by atoms with Crippen LogP contribution in [-0.2, 0) is 11.2 Å². The smallest absolute Gasteiger partial charge is 0.266 e. The van der Waals surface area contributed by atoms with Gasteiger partial charge in [0.1, 0.15) is 29.0 Å². The van der Waals surface area contributed by atoms with Gasteiger partial charge < -0.3 is 14.8 Å². The second-order valence-electron chi connectivity index (χ2n) is 7.07. The lowest BCUT2D eigenvalue weighted by Gasteiger charge is -2.14. The van der Waals surface area contributed by atoms with Gasteiger partial charge in [0.15, 0.2) is 0 Å². The maximum absolute atomic E-state index is 13.6. The van der Waals surface area contributed by atoms with Crippen molar-refractivity contribution in [1.29, 1.82) is 5.26 Å². The maximum Gasteiger partial charge on any atom is 0.266 e. The minimum atomic E-state index is -0.514. The van der Waals surface area contributed by atoms with E-state index in [4.69, 9.17) is 9.47 Å². The molecule has 0 heterocycles. The number of nitriles is 1. The fourth-order valence-corrected chi connectivity index (χ4v) is 4.03. The quantitative estimate of drug-likeness (QED) is 0.211. The first-order valence-electron chi connectivity index (χ1n) is 10.2. The number of anilines is 1. The maximum atomic E-state index is 13.6. The summed E-state index contributed by atoms with van der Waals surface area (Å²) in [6, 6.07) is 18.9. The summed E-state index contributed by atoms with van der Waals surface area (Å²) in [7, 11) is 1.56. The van der Waals surface area contributed by atoms with E-state index < -0.39 is 5.91 Å². The van der Waals surface area contributed by atoms with Gasteiger partial charge in [-0.3, -0.25) is 4.79 Å². The Hall–Kier alpha value is -3.38. The van der Waals surface area contributed by atoms with Gasteiger partial charge in [-0.25, -0.2) is 4.39 Å². The number of amides is 1. The minimum Gasteiger partial charge on any atom is -0.497 e. The lowest BCUT2D eigenvalue weighted by atomic mass is 10.0. The number of hydrogen-bond donors (Lipinski definition) is 1. The van der Waals surface area contributed by atoms with Crippen LogP contribution in [0.2, 0.25) is 0 Å². The number of nitrogens with zero attached hydrogens (tertiary/aromatic N) is 1. The lowest BCUT2D eigenvalue weighted by molar-refractivity contribution is -0.112. The van der Waals surface area contributed by atoms with Crippen LogP contribution < -0.4 is 14.8 Å². The number of nitrogens with one attached hydrogen (secondary N) is 1. The van der Waals surface area contributed by atoms with Crippen LogP contribution in [0.3, 0.4) is 0 Å². The van der Waals surface area contributed by atoms with Gasteiger partial charge in [0, 0.05) is 21.2 Å². The van der Waals surface area contributed by atoms with Crippen molar-refractivity contribution in [3.8, 4) is 17.6 Å². The van der Waals surface area contributed by atoms with Crippen molar-refractivity contribution in [1.82, 2.24) is 0 Å². The number of halogens is 2. The van der Waals surface area contributed by atoms with Crippen molar-refractivity contribution in [3.63, 3.8) is 0 Å². The monoisotopic (exact) mass is 556 g/mol. The van der Waals surface area contributed by atoms with E-state index in [0.29, 0.717) is 35.8 Å². The molecule has 0 saturated carbocycles. The van der Waals surface area contributed by atoms with Gasteiger partial charge in [-0.2, -0.15) is 5.26 Å². The lowest BCUT2D eigenvalue weighted by Crippen LogP contribution is -2.13. The van der Waals surface area contributed by atoms with E-state index in [1.54, 1.807) is 43.5 Å². The van der Waals surface area contributed by atoms with E-state index >= 15 is 0 Å². The molecule has 1 amide bonds. The molecule has 3 aromatic carbocycles. The molecule has 0 bridgehead atoms. The highest BCUT2D eigenvalue weighted by Crippen LogP contribution is 2.30.